The van der Waals surface area contributed by atoms with E-state index in [0.29, 0.717) is 18.8 Å². The maximum absolute atomic E-state index is 8.88. The van der Waals surface area contributed by atoms with Gasteiger partial charge in [-0.1, -0.05) is 36.4 Å². The lowest BCUT2D eigenvalue weighted by atomic mass is 10.0. The Kier molecular flexibility index (Phi) is 6.90. The molecule has 0 radical (unpaired) electrons. The Bertz CT molecular complexity index is 656. The molecule has 23 heavy (non-hydrogen) atoms. The molecule has 118 valence electrons. The van der Waals surface area contributed by atoms with Gasteiger partial charge in [-0.05, 0) is 36.6 Å². The van der Waals surface area contributed by atoms with Gasteiger partial charge in [0.25, 0.3) is 0 Å². The van der Waals surface area contributed by atoms with Crippen LogP contribution in [0.1, 0.15) is 18.4 Å². The fourth-order valence-corrected chi connectivity index (χ4v) is 2.21. The van der Waals surface area contributed by atoms with Crippen molar-refractivity contribution in [3.8, 4) is 22.9 Å². The summed E-state index contributed by atoms with van der Waals surface area (Å²) in [5.41, 5.74) is 2.75. The van der Waals surface area contributed by atoms with Gasteiger partial charge in [-0.2, -0.15) is 5.26 Å². The Morgan fingerprint density at radius 1 is 1.00 bits per heavy atom. The van der Waals surface area contributed by atoms with Gasteiger partial charge in [0.1, 0.15) is 5.75 Å². The van der Waals surface area contributed by atoms with Crippen molar-refractivity contribution in [1.29, 1.82) is 5.26 Å². The molecule has 0 bridgehead atoms. The number of nitriles is 1. The van der Waals surface area contributed by atoms with E-state index in [4.69, 9.17) is 14.7 Å². The molecule has 0 saturated carbocycles. The highest BCUT2D eigenvalue weighted by molar-refractivity contribution is 5.70. The molecular weight excluding hydrogens is 286 g/mol. The lowest BCUT2D eigenvalue weighted by molar-refractivity contribution is 0.152. The Labute approximate surface area is 137 Å². The molecule has 3 heteroatoms. The van der Waals surface area contributed by atoms with Crippen LogP contribution in [0.25, 0.3) is 11.1 Å². The summed E-state index contributed by atoms with van der Waals surface area (Å²) in [5, 5.41) is 8.88. The number of benzene rings is 2. The lowest BCUT2D eigenvalue weighted by Gasteiger charge is -2.11. The van der Waals surface area contributed by atoms with Gasteiger partial charge in [0.2, 0.25) is 0 Å². The van der Waals surface area contributed by atoms with Crippen molar-refractivity contribution < 1.29 is 9.47 Å². The first-order chi connectivity index (χ1) is 11.3. The summed E-state index contributed by atoms with van der Waals surface area (Å²) in [6.45, 7) is 5.60. The number of hydrogen-bond acceptors (Lipinski definition) is 3. The van der Waals surface area contributed by atoms with Crippen molar-refractivity contribution in [1.82, 2.24) is 0 Å². The molecule has 0 unspecified atom stereocenters. The quantitative estimate of drug-likeness (QED) is 0.503. The average Bonchev–Trinajstić information content (AvgIpc) is 2.61. The van der Waals surface area contributed by atoms with Crippen molar-refractivity contribution in [2.75, 3.05) is 19.8 Å². The zero-order valence-corrected chi connectivity index (χ0v) is 13.2. The van der Waals surface area contributed by atoms with Crippen molar-refractivity contribution in [2.24, 2.45) is 0 Å². The Morgan fingerprint density at radius 2 is 1.74 bits per heavy atom. The Balaban J connectivity index is 1.92. The monoisotopic (exact) mass is 307 g/mol. The van der Waals surface area contributed by atoms with Crippen molar-refractivity contribution in [2.45, 2.75) is 12.8 Å². The summed E-state index contributed by atoms with van der Waals surface area (Å²) in [7, 11) is 0. The summed E-state index contributed by atoms with van der Waals surface area (Å²) in [6.07, 6.45) is 3.66. The maximum atomic E-state index is 8.88. The number of ether oxygens (including phenoxy) is 2. The molecule has 0 spiro atoms. The Hall–Kier alpha value is -2.57. The summed E-state index contributed by atoms with van der Waals surface area (Å²) in [5.74, 6) is 0.865. The fourth-order valence-electron chi connectivity index (χ4n) is 2.21. The van der Waals surface area contributed by atoms with E-state index < -0.39 is 0 Å². The minimum atomic E-state index is 0.600. The van der Waals surface area contributed by atoms with Crippen LogP contribution in [-0.4, -0.2) is 19.8 Å². The van der Waals surface area contributed by atoms with Crippen LogP contribution in [0.2, 0.25) is 0 Å². The second kappa shape index (κ2) is 9.45. The average molecular weight is 307 g/mol. The third-order valence-electron chi connectivity index (χ3n) is 3.39. The van der Waals surface area contributed by atoms with Gasteiger partial charge >= 0.3 is 0 Å². The molecule has 0 aliphatic heterocycles. The predicted octanol–water partition coefficient (Wildman–Crippen LogP) is 4.59. The van der Waals surface area contributed by atoms with Crippen LogP contribution in [0.15, 0.2) is 61.2 Å². The molecule has 0 saturated heterocycles. The number of unbranched alkanes of at least 4 members (excludes halogenated alkanes) is 1. The van der Waals surface area contributed by atoms with Gasteiger partial charge in [0, 0.05) is 12.2 Å². The maximum Gasteiger partial charge on any atom is 0.127 e. The van der Waals surface area contributed by atoms with Crippen LogP contribution in [0.3, 0.4) is 0 Å². The molecule has 2 aromatic carbocycles. The van der Waals surface area contributed by atoms with Crippen LogP contribution < -0.4 is 4.74 Å². The van der Waals surface area contributed by atoms with Gasteiger partial charge in [-0.25, -0.2) is 0 Å². The fraction of sp³-hybridized carbons (Fsp3) is 0.250. The van der Waals surface area contributed by atoms with E-state index in [2.05, 4.69) is 12.6 Å². The van der Waals surface area contributed by atoms with E-state index in [9.17, 15) is 0 Å². The number of hydrogen-bond donors (Lipinski definition) is 0. The van der Waals surface area contributed by atoms with Gasteiger partial charge in [0.05, 0.1) is 24.8 Å². The number of rotatable bonds is 9. The molecule has 2 rings (SSSR count). The van der Waals surface area contributed by atoms with Crippen molar-refractivity contribution in [3.63, 3.8) is 0 Å². The van der Waals surface area contributed by atoms with Crippen molar-refractivity contribution in [3.05, 3.63) is 66.7 Å². The summed E-state index contributed by atoms with van der Waals surface area (Å²) in [6, 6.07) is 17.6. The smallest absolute Gasteiger partial charge is 0.127 e. The van der Waals surface area contributed by atoms with E-state index in [1.807, 2.05) is 48.5 Å². The molecule has 0 aliphatic rings. The first kappa shape index (κ1) is 16.8. The molecule has 0 fully saturated rings. The molecule has 0 aliphatic carbocycles. The normalized spacial score (nSPS) is 10.0. The Morgan fingerprint density at radius 3 is 2.48 bits per heavy atom. The zero-order chi connectivity index (χ0) is 16.3. The summed E-state index contributed by atoms with van der Waals surface area (Å²) < 4.78 is 11.3. The first-order valence-corrected chi connectivity index (χ1v) is 7.76. The molecule has 3 nitrogen and oxygen atoms in total. The molecule has 0 atom stereocenters. The van der Waals surface area contributed by atoms with E-state index in [1.54, 1.807) is 6.08 Å². The highest BCUT2D eigenvalue weighted by Gasteiger charge is 2.05. The minimum absolute atomic E-state index is 0.600. The minimum Gasteiger partial charge on any atom is -0.493 e. The molecule has 0 amide bonds. The largest absolute Gasteiger partial charge is 0.493 e. The van der Waals surface area contributed by atoms with E-state index in [-0.39, 0.29) is 0 Å². The molecule has 2 aromatic rings. The van der Waals surface area contributed by atoms with Crippen molar-refractivity contribution >= 4 is 0 Å². The second-order valence-corrected chi connectivity index (χ2v) is 5.10. The molecule has 0 aromatic heterocycles. The SMILES string of the molecule is C=CCOCCCCOc1ccccc1-c1ccc(C#N)cc1. The van der Waals surface area contributed by atoms with Gasteiger partial charge in [0.15, 0.2) is 0 Å². The topological polar surface area (TPSA) is 42.2 Å². The lowest BCUT2D eigenvalue weighted by Crippen LogP contribution is -2.01. The van der Waals surface area contributed by atoms with Crippen LogP contribution >= 0.6 is 0 Å². The standard InChI is InChI=1S/C20H21NO2/c1-2-13-22-14-5-6-15-23-20-8-4-3-7-19(20)18-11-9-17(16-21)10-12-18/h2-4,7-12H,1,5-6,13-15H2. The zero-order valence-electron chi connectivity index (χ0n) is 13.2. The molecular formula is C20H21NO2. The highest BCUT2D eigenvalue weighted by atomic mass is 16.5. The highest BCUT2D eigenvalue weighted by Crippen LogP contribution is 2.30. The number of nitrogens with zero attached hydrogens (tertiary/aromatic N) is 1. The van der Waals surface area contributed by atoms with Crippen LogP contribution in [0.5, 0.6) is 5.75 Å². The third kappa shape index (κ3) is 5.28. The summed E-state index contributed by atoms with van der Waals surface area (Å²) in [4.78, 5) is 0. The summed E-state index contributed by atoms with van der Waals surface area (Å²) >= 11 is 0. The van der Waals surface area contributed by atoms with Gasteiger partial charge in [-0.3, -0.25) is 0 Å². The van der Waals surface area contributed by atoms with Gasteiger partial charge in [-0.15, -0.1) is 6.58 Å². The van der Waals surface area contributed by atoms with Gasteiger partial charge < -0.3 is 9.47 Å². The predicted molar refractivity (Wildman–Crippen MR) is 92.3 cm³/mol. The van der Waals surface area contributed by atoms with Crippen LogP contribution in [-0.2, 0) is 4.74 Å². The second-order valence-electron chi connectivity index (χ2n) is 5.10. The van der Waals surface area contributed by atoms with E-state index in [0.717, 1.165) is 36.3 Å². The van der Waals surface area contributed by atoms with E-state index in [1.165, 1.54) is 0 Å². The van der Waals surface area contributed by atoms with Crippen LogP contribution in [0, 0.1) is 11.3 Å². The third-order valence-corrected chi connectivity index (χ3v) is 3.39. The van der Waals surface area contributed by atoms with E-state index >= 15 is 0 Å². The first-order valence-electron chi connectivity index (χ1n) is 7.76. The molecule has 0 N–H and O–H groups in total. The molecule has 0 heterocycles. The number of para-hydroxylation sites is 1. The van der Waals surface area contributed by atoms with Crippen LogP contribution in [0.4, 0.5) is 0 Å².